The molecule has 5 nitrogen and oxygen atoms in total. The average Bonchev–Trinajstić information content (AvgIpc) is 3.14. The molecule has 3 rings (SSSR count). The summed E-state index contributed by atoms with van der Waals surface area (Å²) in [4.78, 5) is 16.8. The van der Waals surface area contributed by atoms with E-state index in [9.17, 15) is 18.0 Å². The minimum absolute atomic E-state index is 0. The van der Waals surface area contributed by atoms with E-state index < -0.39 is 29.1 Å². The predicted molar refractivity (Wildman–Crippen MR) is 95.0 cm³/mol. The number of thiazole rings is 1. The first kappa shape index (κ1) is 20.6. The molecular formula is C16H17ClF3N3O2S. The van der Waals surface area contributed by atoms with Gasteiger partial charge >= 0.3 is 0 Å². The zero-order valence-electron chi connectivity index (χ0n) is 13.7. The maximum atomic E-state index is 13.9. The lowest BCUT2D eigenvalue weighted by Gasteiger charge is -2.11. The number of anilines is 1. The molecule has 142 valence electrons. The van der Waals surface area contributed by atoms with Gasteiger partial charge in [0.2, 0.25) is 0 Å². The number of ether oxygens (including phenoxy) is 1. The second kappa shape index (κ2) is 8.34. The van der Waals surface area contributed by atoms with E-state index in [4.69, 9.17) is 10.5 Å². The number of nitrogens with two attached hydrogens (primary N) is 1. The molecule has 0 unspecified atom stereocenters. The Balaban J connectivity index is 0.00000243. The number of nitrogens with one attached hydrogen (secondary N) is 1. The van der Waals surface area contributed by atoms with Gasteiger partial charge in [-0.2, -0.15) is 0 Å². The highest BCUT2D eigenvalue weighted by molar-refractivity contribution is 7.16. The van der Waals surface area contributed by atoms with E-state index >= 15 is 0 Å². The zero-order chi connectivity index (χ0) is 18.1. The van der Waals surface area contributed by atoms with Gasteiger partial charge in [0, 0.05) is 23.6 Å². The van der Waals surface area contributed by atoms with Gasteiger partial charge in [-0.05, 0) is 19.8 Å². The van der Waals surface area contributed by atoms with Crippen molar-refractivity contribution in [3.05, 3.63) is 34.5 Å². The smallest absolute Gasteiger partial charge is 0.255 e. The summed E-state index contributed by atoms with van der Waals surface area (Å²) in [7, 11) is 0. The van der Waals surface area contributed by atoms with Gasteiger partial charge in [0.1, 0.15) is 23.6 Å². The quantitative estimate of drug-likeness (QED) is 0.814. The van der Waals surface area contributed by atoms with Crippen LogP contribution in [-0.4, -0.2) is 29.6 Å². The predicted octanol–water partition coefficient (Wildman–Crippen LogP) is 3.40. The number of rotatable bonds is 4. The van der Waals surface area contributed by atoms with Gasteiger partial charge in [-0.25, -0.2) is 18.2 Å². The number of hydrogen-bond donors (Lipinski definition) is 2. The molecule has 1 aromatic heterocycles. The SMILES string of the molecule is Cc1sc(NC(=O)[C@@H]2CC[C@H](CN)O2)nc1-c1c(F)cc(F)cc1F.Cl. The van der Waals surface area contributed by atoms with Crippen molar-refractivity contribution >= 4 is 34.8 Å². The molecule has 2 aromatic rings. The first-order chi connectivity index (χ1) is 11.9. The van der Waals surface area contributed by atoms with E-state index in [2.05, 4.69) is 10.3 Å². The molecule has 0 spiro atoms. The highest BCUT2D eigenvalue weighted by atomic mass is 35.5. The van der Waals surface area contributed by atoms with E-state index in [-0.39, 0.29) is 35.2 Å². The molecule has 1 fully saturated rings. The number of aryl methyl sites for hydroxylation is 1. The van der Waals surface area contributed by atoms with Crippen LogP contribution in [0.2, 0.25) is 0 Å². The lowest BCUT2D eigenvalue weighted by molar-refractivity contribution is -0.126. The number of hydrogen-bond acceptors (Lipinski definition) is 5. The molecule has 0 saturated carbocycles. The molecule has 1 aromatic carbocycles. The fraction of sp³-hybridized carbons (Fsp3) is 0.375. The van der Waals surface area contributed by atoms with Crippen molar-refractivity contribution in [2.24, 2.45) is 5.73 Å². The third-order valence-corrected chi connectivity index (χ3v) is 4.82. The third kappa shape index (κ3) is 4.17. The Bertz CT molecular complexity index is 795. The van der Waals surface area contributed by atoms with Crippen molar-refractivity contribution in [1.82, 2.24) is 4.98 Å². The summed E-state index contributed by atoms with van der Waals surface area (Å²) in [6.45, 7) is 1.95. The van der Waals surface area contributed by atoms with Crippen LogP contribution in [0.1, 0.15) is 17.7 Å². The zero-order valence-corrected chi connectivity index (χ0v) is 15.4. The fourth-order valence-electron chi connectivity index (χ4n) is 2.71. The Kier molecular flexibility index (Phi) is 6.62. The minimum atomic E-state index is -1.05. The molecule has 2 atom stereocenters. The van der Waals surface area contributed by atoms with Gasteiger partial charge < -0.3 is 10.5 Å². The third-order valence-electron chi connectivity index (χ3n) is 3.93. The maximum absolute atomic E-state index is 13.9. The number of carbonyl (C=O) groups excluding carboxylic acids is 1. The van der Waals surface area contributed by atoms with Crippen molar-refractivity contribution in [3.8, 4) is 11.3 Å². The Hall–Kier alpha value is -1.68. The summed E-state index contributed by atoms with van der Waals surface area (Å²) in [5.74, 6) is -3.48. The maximum Gasteiger partial charge on any atom is 0.255 e. The molecule has 3 N–H and O–H groups in total. The van der Waals surface area contributed by atoms with Crippen molar-refractivity contribution < 1.29 is 22.7 Å². The van der Waals surface area contributed by atoms with Gasteiger partial charge in [-0.15, -0.1) is 23.7 Å². The van der Waals surface area contributed by atoms with Crippen LogP contribution in [0.4, 0.5) is 18.3 Å². The van der Waals surface area contributed by atoms with Crippen molar-refractivity contribution in [3.63, 3.8) is 0 Å². The summed E-state index contributed by atoms with van der Waals surface area (Å²) in [5.41, 5.74) is 5.12. The first-order valence-electron chi connectivity index (χ1n) is 7.67. The van der Waals surface area contributed by atoms with Gasteiger partial charge in [-0.3, -0.25) is 10.1 Å². The molecule has 10 heteroatoms. The average molecular weight is 408 g/mol. The molecule has 1 aliphatic rings. The van der Waals surface area contributed by atoms with Gasteiger partial charge in [0.05, 0.1) is 17.4 Å². The number of carbonyl (C=O) groups is 1. The minimum Gasteiger partial charge on any atom is -0.364 e. The van der Waals surface area contributed by atoms with Crippen LogP contribution in [0.3, 0.4) is 0 Å². The Morgan fingerprint density at radius 2 is 2.00 bits per heavy atom. The molecule has 26 heavy (non-hydrogen) atoms. The number of benzene rings is 1. The van der Waals surface area contributed by atoms with E-state index in [1.165, 1.54) is 0 Å². The van der Waals surface area contributed by atoms with Crippen LogP contribution >= 0.6 is 23.7 Å². The summed E-state index contributed by atoms with van der Waals surface area (Å²) in [5, 5.41) is 2.79. The number of amides is 1. The highest BCUT2D eigenvalue weighted by Gasteiger charge is 2.30. The summed E-state index contributed by atoms with van der Waals surface area (Å²) in [6, 6.07) is 1.18. The van der Waals surface area contributed by atoms with Gasteiger partial charge in [0.25, 0.3) is 5.91 Å². The van der Waals surface area contributed by atoms with Gasteiger partial charge in [-0.1, -0.05) is 0 Å². The largest absolute Gasteiger partial charge is 0.364 e. The monoisotopic (exact) mass is 407 g/mol. The first-order valence-corrected chi connectivity index (χ1v) is 8.49. The highest BCUT2D eigenvalue weighted by Crippen LogP contribution is 2.34. The Labute approximate surface area is 158 Å². The molecule has 0 aliphatic carbocycles. The lowest BCUT2D eigenvalue weighted by Crippen LogP contribution is -2.29. The van der Waals surface area contributed by atoms with Crippen molar-refractivity contribution in [1.29, 1.82) is 0 Å². The van der Waals surface area contributed by atoms with Crippen molar-refractivity contribution in [2.75, 3.05) is 11.9 Å². The summed E-state index contributed by atoms with van der Waals surface area (Å²) in [6.07, 6.45) is 0.474. The van der Waals surface area contributed by atoms with Crippen LogP contribution < -0.4 is 11.1 Å². The van der Waals surface area contributed by atoms with E-state index in [1.807, 2.05) is 0 Å². The fourth-order valence-corrected chi connectivity index (χ4v) is 3.53. The van der Waals surface area contributed by atoms with E-state index in [1.54, 1.807) is 6.92 Å². The second-order valence-electron chi connectivity index (χ2n) is 5.72. The van der Waals surface area contributed by atoms with Crippen LogP contribution in [0.15, 0.2) is 12.1 Å². The molecule has 0 radical (unpaired) electrons. The van der Waals surface area contributed by atoms with Crippen LogP contribution in [0.25, 0.3) is 11.3 Å². The molecule has 1 aliphatic heterocycles. The standard InChI is InChI=1S/C16H16F3N3O2S.ClH/c1-7-14(13-10(18)4-8(17)5-11(13)19)21-16(25-7)22-15(23)12-3-2-9(6-20)24-12;/h4-5,9,12H,2-3,6,20H2,1H3,(H,21,22,23);1H/t9-,12+;/m1./s1. The Morgan fingerprint density at radius 3 is 2.58 bits per heavy atom. The number of halogens is 4. The molecule has 0 bridgehead atoms. The second-order valence-corrected chi connectivity index (χ2v) is 6.92. The number of aromatic nitrogens is 1. The topological polar surface area (TPSA) is 77.2 Å². The summed E-state index contributed by atoms with van der Waals surface area (Å²) >= 11 is 1.07. The van der Waals surface area contributed by atoms with Crippen molar-refractivity contribution in [2.45, 2.75) is 32.0 Å². The van der Waals surface area contributed by atoms with Crippen LogP contribution in [0, 0.1) is 24.4 Å². The van der Waals surface area contributed by atoms with E-state index in [0.717, 1.165) is 11.3 Å². The molecular weight excluding hydrogens is 391 g/mol. The summed E-state index contributed by atoms with van der Waals surface area (Å²) < 4.78 is 46.4. The molecule has 2 heterocycles. The number of nitrogens with zero attached hydrogens (tertiary/aromatic N) is 1. The van der Waals surface area contributed by atoms with Crippen LogP contribution in [0.5, 0.6) is 0 Å². The Morgan fingerprint density at radius 1 is 1.35 bits per heavy atom. The van der Waals surface area contributed by atoms with Gasteiger partial charge in [0.15, 0.2) is 5.13 Å². The lowest BCUT2D eigenvalue weighted by atomic mass is 10.1. The normalized spacial score (nSPS) is 19.3. The van der Waals surface area contributed by atoms with E-state index in [0.29, 0.717) is 36.4 Å². The molecule has 1 saturated heterocycles. The van der Waals surface area contributed by atoms with Crippen LogP contribution in [-0.2, 0) is 9.53 Å². The molecule has 1 amide bonds.